The Morgan fingerprint density at radius 3 is 2.11 bits per heavy atom. The van der Waals surface area contributed by atoms with Gasteiger partial charge in [-0.1, -0.05) is 13.8 Å². The highest BCUT2D eigenvalue weighted by Crippen LogP contribution is 2.72. The van der Waals surface area contributed by atoms with Crippen molar-refractivity contribution in [3.05, 3.63) is 58.5 Å². The summed E-state index contributed by atoms with van der Waals surface area (Å²) >= 11 is 0. The summed E-state index contributed by atoms with van der Waals surface area (Å²) in [7, 11) is 4.64. The average Bonchev–Trinajstić information content (AvgIpc) is 3.53. The van der Waals surface area contributed by atoms with Crippen molar-refractivity contribution in [2.45, 2.75) is 137 Å². The number of nitrogens with zero attached hydrogens (tertiary/aromatic N) is 5. The van der Waals surface area contributed by atoms with Gasteiger partial charge in [0.25, 0.3) is 0 Å². The number of rotatable bonds is 14. The molecule has 1 aromatic carbocycles. The van der Waals surface area contributed by atoms with E-state index in [1.54, 1.807) is 25.2 Å². The molecule has 14 heteroatoms. The van der Waals surface area contributed by atoms with E-state index in [1.165, 1.54) is 7.11 Å². The van der Waals surface area contributed by atoms with Crippen molar-refractivity contribution in [3.8, 4) is 16.9 Å². The second kappa shape index (κ2) is 17.0. The number of ether oxygens (including phenoxy) is 6. The number of fused-ring (bicyclic) bond motifs is 1. The third kappa shape index (κ3) is 9.87. The van der Waals surface area contributed by atoms with Gasteiger partial charge < -0.3 is 38.2 Å². The fourth-order valence-electron chi connectivity index (χ4n) is 12.2. The molecule has 1 amide bonds. The van der Waals surface area contributed by atoms with Crippen molar-refractivity contribution >= 4 is 23.8 Å². The number of aromatic nitrogens is 3. The molecule has 0 spiro atoms. The van der Waals surface area contributed by atoms with Crippen LogP contribution in [0.4, 0.5) is 10.6 Å². The lowest BCUT2D eigenvalue weighted by molar-refractivity contribution is -0.248. The molecule has 3 aromatic rings. The molecular weight excluding hydrogens is 803 g/mol. The molecule has 2 atom stereocenters. The van der Waals surface area contributed by atoms with Gasteiger partial charge in [0.2, 0.25) is 0 Å². The molecule has 344 valence electrons. The van der Waals surface area contributed by atoms with Crippen LogP contribution >= 0.6 is 0 Å². The van der Waals surface area contributed by atoms with Crippen LogP contribution in [-0.4, -0.2) is 109 Å². The maximum absolute atomic E-state index is 14.1. The number of benzene rings is 1. The molecule has 63 heavy (non-hydrogen) atoms. The Bertz CT molecular complexity index is 2200. The van der Waals surface area contributed by atoms with E-state index in [9.17, 15) is 14.4 Å². The van der Waals surface area contributed by atoms with E-state index >= 15 is 0 Å². The highest BCUT2D eigenvalue weighted by Gasteiger charge is 2.66. The van der Waals surface area contributed by atoms with Crippen LogP contribution in [-0.2, 0) is 43.2 Å². The zero-order chi connectivity index (χ0) is 45.8. The van der Waals surface area contributed by atoms with Crippen molar-refractivity contribution in [3.63, 3.8) is 0 Å². The first-order valence-electron chi connectivity index (χ1n) is 22.4. The molecule has 8 rings (SSSR count). The van der Waals surface area contributed by atoms with Gasteiger partial charge in [0, 0.05) is 62.2 Å². The molecule has 3 heterocycles. The fraction of sp³-hybridized carbons (Fsp3) is 0.653. The van der Waals surface area contributed by atoms with Crippen molar-refractivity contribution in [1.82, 2.24) is 19.7 Å². The van der Waals surface area contributed by atoms with Crippen LogP contribution in [0.1, 0.15) is 132 Å². The number of pyridine rings is 1. The number of esters is 2. The minimum absolute atomic E-state index is 0.0560. The first-order chi connectivity index (χ1) is 29.5. The molecule has 0 saturated heterocycles. The van der Waals surface area contributed by atoms with Crippen molar-refractivity contribution in [2.24, 2.45) is 16.2 Å². The molecule has 4 fully saturated rings. The van der Waals surface area contributed by atoms with Crippen LogP contribution in [0.25, 0.3) is 11.1 Å². The minimum atomic E-state index is -0.748. The summed E-state index contributed by atoms with van der Waals surface area (Å²) < 4.78 is 37.0. The molecule has 0 radical (unpaired) electrons. The largest absolute Gasteiger partial charge is 0.496 e. The molecule has 4 bridgehead atoms. The Labute approximate surface area is 373 Å². The molecule has 14 nitrogen and oxygen atoms in total. The first-order valence-corrected chi connectivity index (χ1v) is 22.4. The lowest BCUT2D eigenvalue weighted by Crippen LogP contribution is -2.64. The Kier molecular flexibility index (Phi) is 12.5. The van der Waals surface area contributed by atoms with Crippen LogP contribution in [0.5, 0.6) is 5.75 Å². The molecular formula is C49H69N5O9. The second-order valence-electron chi connectivity index (χ2n) is 21.5. The van der Waals surface area contributed by atoms with Gasteiger partial charge in [0.05, 0.1) is 44.8 Å². The predicted molar refractivity (Wildman–Crippen MR) is 239 cm³/mol. The lowest BCUT2D eigenvalue weighted by Gasteiger charge is -2.69. The van der Waals surface area contributed by atoms with E-state index in [0.717, 1.165) is 73.2 Å². The monoisotopic (exact) mass is 872 g/mol. The quantitative estimate of drug-likeness (QED) is 0.113. The highest BCUT2D eigenvalue weighted by atomic mass is 16.6. The standard InChI is InChI=1S/C49H69N5O9/c1-32-36(34-14-16-39(51-40(34)42(56)62-44(2,3)4)53-18-17-33-37(24-53)35(41(55)60-12)13-15-38(33)59-11)23-50-54(32)31-48-26-46(8)25-47(9,27-48)29-49(28-46,30-48)61-22-20-52(19-21-58-10)43(57)63-45(5,6)7/h13-16,23H,17-22,24-31H2,1-12H3. The van der Waals surface area contributed by atoms with Gasteiger partial charge in [-0.05, 0) is 139 Å². The van der Waals surface area contributed by atoms with Crippen molar-refractivity contribution in [1.29, 1.82) is 0 Å². The van der Waals surface area contributed by atoms with Crippen LogP contribution in [0.2, 0.25) is 0 Å². The van der Waals surface area contributed by atoms with Crippen LogP contribution in [0, 0.1) is 23.2 Å². The van der Waals surface area contributed by atoms with Crippen LogP contribution < -0.4 is 9.64 Å². The zero-order valence-corrected chi connectivity index (χ0v) is 39.7. The topological polar surface area (TPSA) is 144 Å². The Hall–Kier alpha value is -4.69. The second-order valence-corrected chi connectivity index (χ2v) is 21.5. The SMILES string of the molecule is COCCN(CCOC12CC3(C)CC(C)(CC(Cn4ncc(-c5ccc(N6CCc7c(OC)ccc(C(=O)OC)c7C6)nc5C(=O)OC(C)(C)C)c4C)(C3)C1)C2)C(=O)OC(C)(C)C. The van der Waals surface area contributed by atoms with Gasteiger partial charge in [-0.2, -0.15) is 5.10 Å². The van der Waals surface area contributed by atoms with Gasteiger partial charge in [0.1, 0.15) is 22.8 Å². The van der Waals surface area contributed by atoms with Gasteiger partial charge in [-0.25, -0.2) is 19.4 Å². The Balaban J connectivity index is 1.16. The molecule has 0 N–H and O–H groups in total. The lowest BCUT2D eigenvalue weighted by atomic mass is 9.39. The minimum Gasteiger partial charge on any atom is -0.496 e. The van der Waals surface area contributed by atoms with E-state index in [-0.39, 0.29) is 33.6 Å². The summed E-state index contributed by atoms with van der Waals surface area (Å²) in [6.45, 7) is 21.5. The third-order valence-corrected chi connectivity index (χ3v) is 13.3. The number of carbonyl (C=O) groups is 3. The molecule has 2 aromatic heterocycles. The van der Waals surface area contributed by atoms with E-state index in [2.05, 4.69) is 30.4 Å². The first kappa shape index (κ1) is 46.3. The summed E-state index contributed by atoms with van der Waals surface area (Å²) in [5, 5.41) is 5.02. The Morgan fingerprint density at radius 2 is 1.48 bits per heavy atom. The van der Waals surface area contributed by atoms with Gasteiger partial charge >= 0.3 is 18.0 Å². The average molecular weight is 872 g/mol. The highest BCUT2D eigenvalue weighted by molar-refractivity contribution is 5.96. The number of carbonyl (C=O) groups excluding carboxylic acids is 3. The number of hydrogen-bond donors (Lipinski definition) is 0. The number of hydrogen-bond acceptors (Lipinski definition) is 12. The fourth-order valence-corrected chi connectivity index (χ4v) is 12.2. The van der Waals surface area contributed by atoms with Gasteiger partial charge in [-0.3, -0.25) is 4.68 Å². The summed E-state index contributed by atoms with van der Waals surface area (Å²) in [6, 6.07) is 7.42. The summed E-state index contributed by atoms with van der Waals surface area (Å²) in [6.07, 6.45) is 8.31. The molecule has 4 aliphatic carbocycles. The summed E-state index contributed by atoms with van der Waals surface area (Å²) in [5.41, 5.74) is 3.39. The maximum Gasteiger partial charge on any atom is 0.410 e. The number of anilines is 1. The van der Waals surface area contributed by atoms with E-state index in [0.29, 0.717) is 62.8 Å². The normalized spacial score (nSPS) is 25.1. The Morgan fingerprint density at radius 1 is 0.794 bits per heavy atom. The molecule has 5 aliphatic rings. The predicted octanol–water partition coefficient (Wildman–Crippen LogP) is 8.59. The summed E-state index contributed by atoms with van der Waals surface area (Å²) in [4.78, 5) is 48.9. The molecule has 4 saturated carbocycles. The molecule has 1 aliphatic heterocycles. The smallest absolute Gasteiger partial charge is 0.410 e. The maximum atomic E-state index is 14.1. The van der Waals surface area contributed by atoms with E-state index < -0.39 is 23.1 Å². The summed E-state index contributed by atoms with van der Waals surface area (Å²) in [5.74, 6) is 0.389. The van der Waals surface area contributed by atoms with Crippen molar-refractivity contribution in [2.75, 3.05) is 59.1 Å². The third-order valence-electron chi connectivity index (χ3n) is 13.3. The zero-order valence-electron chi connectivity index (χ0n) is 39.7. The molecule has 2 unspecified atom stereocenters. The van der Waals surface area contributed by atoms with Gasteiger partial charge in [-0.15, -0.1) is 0 Å². The van der Waals surface area contributed by atoms with E-state index in [1.807, 2.05) is 65.9 Å². The number of methoxy groups -OCH3 is 3. The van der Waals surface area contributed by atoms with Gasteiger partial charge in [0.15, 0.2) is 5.69 Å². The van der Waals surface area contributed by atoms with Crippen molar-refractivity contribution < 1.29 is 42.8 Å². The van der Waals surface area contributed by atoms with Crippen LogP contribution in [0.3, 0.4) is 0 Å². The van der Waals surface area contributed by atoms with Crippen LogP contribution in [0.15, 0.2) is 30.5 Å². The number of amides is 1. The van der Waals surface area contributed by atoms with E-state index in [4.69, 9.17) is 38.5 Å².